The Bertz CT molecular complexity index is 284. The second-order valence-corrected chi connectivity index (χ2v) is 2.68. The standard InChI is InChI=1S/C10H11NO/c1-2-8(7-11)9-3-5-10(12)6-4-9/h3-6,8,12H,2H2,1H3. The van der Waals surface area contributed by atoms with Gasteiger partial charge in [0.2, 0.25) is 0 Å². The lowest BCUT2D eigenvalue weighted by Gasteiger charge is -2.04. The number of hydrogen-bond acceptors (Lipinski definition) is 2. The lowest BCUT2D eigenvalue weighted by molar-refractivity contribution is 0.475. The van der Waals surface area contributed by atoms with Gasteiger partial charge in [0.15, 0.2) is 0 Å². The van der Waals surface area contributed by atoms with Crippen molar-refractivity contribution in [3.63, 3.8) is 0 Å². The molecule has 0 saturated carbocycles. The Morgan fingerprint density at radius 1 is 1.42 bits per heavy atom. The van der Waals surface area contributed by atoms with Gasteiger partial charge in [-0.15, -0.1) is 0 Å². The minimum Gasteiger partial charge on any atom is -0.508 e. The van der Waals surface area contributed by atoms with Crippen molar-refractivity contribution < 1.29 is 5.11 Å². The highest BCUT2D eigenvalue weighted by Gasteiger charge is 2.06. The highest BCUT2D eigenvalue weighted by atomic mass is 16.3. The fourth-order valence-electron chi connectivity index (χ4n) is 1.11. The third kappa shape index (κ3) is 1.76. The van der Waals surface area contributed by atoms with E-state index in [-0.39, 0.29) is 11.7 Å². The minimum absolute atomic E-state index is 0.0504. The molecule has 0 spiro atoms. The molecule has 1 atom stereocenters. The number of nitrogens with zero attached hydrogens (tertiary/aromatic N) is 1. The maximum Gasteiger partial charge on any atom is 0.115 e. The van der Waals surface area contributed by atoms with Gasteiger partial charge < -0.3 is 5.11 Å². The van der Waals surface area contributed by atoms with Crippen LogP contribution < -0.4 is 0 Å². The van der Waals surface area contributed by atoms with E-state index < -0.39 is 0 Å². The van der Waals surface area contributed by atoms with Crippen LogP contribution in [0.5, 0.6) is 5.75 Å². The van der Waals surface area contributed by atoms with E-state index in [9.17, 15) is 0 Å². The van der Waals surface area contributed by atoms with Gasteiger partial charge >= 0.3 is 0 Å². The highest BCUT2D eigenvalue weighted by Crippen LogP contribution is 2.20. The second-order valence-electron chi connectivity index (χ2n) is 2.68. The van der Waals surface area contributed by atoms with Gasteiger partial charge in [-0.05, 0) is 24.1 Å². The number of rotatable bonds is 2. The molecule has 0 amide bonds. The zero-order valence-electron chi connectivity index (χ0n) is 6.99. The van der Waals surface area contributed by atoms with Gasteiger partial charge in [0.1, 0.15) is 5.75 Å². The number of aromatic hydroxyl groups is 1. The first-order chi connectivity index (χ1) is 5.77. The fraction of sp³-hybridized carbons (Fsp3) is 0.300. The van der Waals surface area contributed by atoms with E-state index in [1.807, 2.05) is 6.92 Å². The van der Waals surface area contributed by atoms with Crippen LogP contribution in [0.4, 0.5) is 0 Å². The molecule has 2 heteroatoms. The first-order valence-corrected chi connectivity index (χ1v) is 3.96. The largest absolute Gasteiger partial charge is 0.508 e. The zero-order chi connectivity index (χ0) is 8.97. The molecule has 0 aromatic heterocycles. The van der Waals surface area contributed by atoms with Crippen LogP contribution in [0.3, 0.4) is 0 Å². The maximum atomic E-state index is 9.00. The molecular weight excluding hydrogens is 150 g/mol. The van der Waals surface area contributed by atoms with Crippen LogP contribution in [0.1, 0.15) is 24.8 Å². The van der Waals surface area contributed by atoms with Crippen molar-refractivity contribution >= 4 is 0 Å². The average molecular weight is 161 g/mol. The Morgan fingerprint density at radius 2 is 2.00 bits per heavy atom. The maximum absolute atomic E-state index is 9.00. The summed E-state index contributed by atoms with van der Waals surface area (Å²) in [6.45, 7) is 1.97. The summed E-state index contributed by atoms with van der Waals surface area (Å²) in [7, 11) is 0. The SMILES string of the molecule is CCC(C#N)c1ccc(O)cc1. The molecule has 12 heavy (non-hydrogen) atoms. The van der Waals surface area contributed by atoms with E-state index in [0.29, 0.717) is 0 Å². The molecule has 1 rings (SSSR count). The number of nitriles is 1. The third-order valence-corrected chi connectivity index (χ3v) is 1.86. The number of benzene rings is 1. The van der Waals surface area contributed by atoms with Gasteiger partial charge in [0.05, 0.1) is 12.0 Å². The Labute approximate surface area is 72.1 Å². The third-order valence-electron chi connectivity index (χ3n) is 1.86. The summed E-state index contributed by atoms with van der Waals surface area (Å²) in [5.74, 6) is 0.192. The van der Waals surface area contributed by atoms with Gasteiger partial charge in [-0.25, -0.2) is 0 Å². The normalized spacial score (nSPS) is 12.0. The minimum atomic E-state index is -0.0504. The molecule has 0 fully saturated rings. The fourth-order valence-corrected chi connectivity index (χ4v) is 1.11. The second kappa shape index (κ2) is 3.77. The summed E-state index contributed by atoms with van der Waals surface area (Å²) in [6.07, 6.45) is 0.807. The van der Waals surface area contributed by atoms with Crippen LogP contribution >= 0.6 is 0 Å². The molecule has 2 nitrogen and oxygen atoms in total. The van der Waals surface area contributed by atoms with Gasteiger partial charge in [-0.3, -0.25) is 0 Å². The van der Waals surface area contributed by atoms with E-state index >= 15 is 0 Å². The first kappa shape index (κ1) is 8.61. The topological polar surface area (TPSA) is 44.0 Å². The first-order valence-electron chi connectivity index (χ1n) is 3.96. The van der Waals surface area contributed by atoms with Crippen LogP contribution in [0.2, 0.25) is 0 Å². The Morgan fingerprint density at radius 3 is 2.42 bits per heavy atom. The molecule has 0 heterocycles. The summed E-state index contributed by atoms with van der Waals surface area (Å²) < 4.78 is 0. The Kier molecular flexibility index (Phi) is 2.71. The molecule has 0 aliphatic rings. The summed E-state index contributed by atoms with van der Waals surface area (Å²) in [5, 5.41) is 17.7. The lowest BCUT2D eigenvalue weighted by atomic mass is 9.98. The molecule has 0 radical (unpaired) electrons. The molecule has 0 aliphatic heterocycles. The Hall–Kier alpha value is -1.49. The van der Waals surface area contributed by atoms with Crippen molar-refractivity contribution in [1.29, 1.82) is 5.26 Å². The summed E-state index contributed by atoms with van der Waals surface area (Å²) in [6, 6.07) is 8.99. The van der Waals surface area contributed by atoms with E-state index in [1.165, 1.54) is 0 Å². The number of phenols is 1. The van der Waals surface area contributed by atoms with Crippen molar-refractivity contribution in [1.82, 2.24) is 0 Å². The van der Waals surface area contributed by atoms with Crippen LogP contribution in [-0.4, -0.2) is 5.11 Å². The van der Waals surface area contributed by atoms with Crippen LogP contribution in [0.15, 0.2) is 24.3 Å². The number of phenolic OH excluding ortho intramolecular Hbond substituents is 1. The predicted molar refractivity (Wildman–Crippen MR) is 46.8 cm³/mol. The van der Waals surface area contributed by atoms with Gasteiger partial charge in [-0.2, -0.15) is 5.26 Å². The summed E-state index contributed by atoms with van der Waals surface area (Å²) in [4.78, 5) is 0. The van der Waals surface area contributed by atoms with Crippen LogP contribution in [0.25, 0.3) is 0 Å². The average Bonchev–Trinajstić information content (AvgIpc) is 2.10. The van der Waals surface area contributed by atoms with Crippen molar-refractivity contribution in [3.8, 4) is 11.8 Å². The van der Waals surface area contributed by atoms with E-state index in [4.69, 9.17) is 10.4 Å². The molecular formula is C10H11NO. The van der Waals surface area contributed by atoms with Gasteiger partial charge in [0, 0.05) is 0 Å². The van der Waals surface area contributed by atoms with E-state index in [2.05, 4.69) is 6.07 Å². The van der Waals surface area contributed by atoms with Crippen molar-refractivity contribution in [2.24, 2.45) is 0 Å². The smallest absolute Gasteiger partial charge is 0.115 e. The predicted octanol–water partition coefficient (Wildman–Crippen LogP) is 2.41. The van der Waals surface area contributed by atoms with Gasteiger partial charge in [0.25, 0.3) is 0 Å². The highest BCUT2D eigenvalue weighted by molar-refractivity contribution is 5.30. The summed E-state index contributed by atoms with van der Waals surface area (Å²) >= 11 is 0. The zero-order valence-corrected chi connectivity index (χ0v) is 6.99. The molecule has 0 bridgehead atoms. The molecule has 1 aromatic rings. The van der Waals surface area contributed by atoms with Crippen molar-refractivity contribution in [2.75, 3.05) is 0 Å². The molecule has 0 saturated heterocycles. The number of hydrogen-bond donors (Lipinski definition) is 1. The monoisotopic (exact) mass is 161 g/mol. The molecule has 1 N–H and O–H groups in total. The van der Waals surface area contributed by atoms with Crippen LogP contribution in [0, 0.1) is 11.3 Å². The molecule has 1 aromatic carbocycles. The molecule has 62 valence electrons. The lowest BCUT2D eigenvalue weighted by Crippen LogP contribution is -1.91. The van der Waals surface area contributed by atoms with Gasteiger partial charge in [-0.1, -0.05) is 19.1 Å². The Balaban J connectivity index is 2.89. The van der Waals surface area contributed by atoms with E-state index in [1.54, 1.807) is 24.3 Å². The summed E-state index contributed by atoms with van der Waals surface area (Å²) in [5.41, 5.74) is 0.970. The van der Waals surface area contributed by atoms with Crippen LogP contribution in [-0.2, 0) is 0 Å². The molecule has 1 unspecified atom stereocenters. The van der Waals surface area contributed by atoms with Crippen molar-refractivity contribution in [2.45, 2.75) is 19.3 Å². The molecule has 0 aliphatic carbocycles. The van der Waals surface area contributed by atoms with E-state index in [0.717, 1.165) is 12.0 Å². The quantitative estimate of drug-likeness (QED) is 0.723. The van der Waals surface area contributed by atoms with Crippen molar-refractivity contribution in [3.05, 3.63) is 29.8 Å².